The second-order valence-corrected chi connectivity index (χ2v) is 4.11. The maximum absolute atomic E-state index is 3.21. The van der Waals surface area contributed by atoms with Crippen molar-refractivity contribution in [3.05, 3.63) is 53.3 Å². The van der Waals surface area contributed by atoms with Crippen LogP contribution in [0.4, 0.5) is 0 Å². The third kappa shape index (κ3) is 1.89. The smallest absolute Gasteiger partial charge is 0.0499 e. The van der Waals surface area contributed by atoms with Gasteiger partial charge in [0, 0.05) is 23.6 Å². The van der Waals surface area contributed by atoms with Gasteiger partial charge in [0.1, 0.15) is 0 Å². The molecule has 2 aromatic rings. The average Bonchev–Trinajstić information content (AvgIpc) is 2.60. The van der Waals surface area contributed by atoms with Crippen LogP contribution in [0, 0.1) is 13.8 Å². The Hall–Kier alpha value is -1.54. The van der Waals surface area contributed by atoms with E-state index >= 15 is 0 Å². The SMILES string of the molecule is CNCc1ccccc1-n1c(C)ccc1C. The van der Waals surface area contributed by atoms with E-state index in [9.17, 15) is 0 Å². The third-order valence-corrected chi connectivity index (χ3v) is 2.87. The van der Waals surface area contributed by atoms with Crippen molar-refractivity contribution in [1.29, 1.82) is 0 Å². The van der Waals surface area contributed by atoms with Crippen molar-refractivity contribution in [3.63, 3.8) is 0 Å². The number of benzene rings is 1. The molecule has 0 aliphatic heterocycles. The molecule has 2 rings (SSSR count). The van der Waals surface area contributed by atoms with E-state index < -0.39 is 0 Å². The summed E-state index contributed by atoms with van der Waals surface area (Å²) in [7, 11) is 1.98. The summed E-state index contributed by atoms with van der Waals surface area (Å²) in [5.74, 6) is 0. The molecule has 0 amide bonds. The molecule has 1 aromatic heterocycles. The Bertz CT molecular complexity index is 464. The van der Waals surface area contributed by atoms with Gasteiger partial charge in [-0.3, -0.25) is 0 Å². The predicted molar refractivity (Wildman–Crippen MR) is 68.0 cm³/mol. The maximum atomic E-state index is 3.21. The van der Waals surface area contributed by atoms with Crippen molar-refractivity contribution in [3.8, 4) is 5.69 Å². The Kier molecular flexibility index (Phi) is 3.11. The molecule has 0 radical (unpaired) electrons. The number of aromatic nitrogens is 1. The minimum absolute atomic E-state index is 0.896. The van der Waals surface area contributed by atoms with Gasteiger partial charge in [-0.15, -0.1) is 0 Å². The average molecular weight is 214 g/mol. The van der Waals surface area contributed by atoms with Crippen LogP contribution in [0.2, 0.25) is 0 Å². The van der Waals surface area contributed by atoms with E-state index in [0.717, 1.165) is 6.54 Å². The first-order chi connectivity index (χ1) is 7.74. The number of rotatable bonds is 3. The highest BCUT2D eigenvalue weighted by Gasteiger charge is 2.07. The number of aryl methyl sites for hydroxylation is 2. The van der Waals surface area contributed by atoms with Crippen LogP contribution in [0.1, 0.15) is 17.0 Å². The maximum Gasteiger partial charge on any atom is 0.0499 e. The van der Waals surface area contributed by atoms with E-state index in [-0.39, 0.29) is 0 Å². The zero-order valence-electron chi connectivity index (χ0n) is 10.1. The van der Waals surface area contributed by atoms with E-state index in [1.54, 1.807) is 0 Å². The lowest BCUT2D eigenvalue weighted by molar-refractivity contribution is 0.802. The van der Waals surface area contributed by atoms with Crippen molar-refractivity contribution in [1.82, 2.24) is 9.88 Å². The van der Waals surface area contributed by atoms with Crippen LogP contribution < -0.4 is 5.32 Å². The summed E-state index contributed by atoms with van der Waals surface area (Å²) in [5.41, 5.74) is 5.16. The molecular weight excluding hydrogens is 196 g/mol. The Labute approximate surface area is 96.9 Å². The Morgan fingerprint density at radius 2 is 1.62 bits per heavy atom. The fraction of sp³-hybridized carbons (Fsp3) is 0.286. The Morgan fingerprint density at radius 1 is 1.00 bits per heavy atom. The Morgan fingerprint density at radius 3 is 2.25 bits per heavy atom. The molecule has 0 unspecified atom stereocenters. The second-order valence-electron chi connectivity index (χ2n) is 4.11. The predicted octanol–water partition coefficient (Wildman–Crippen LogP) is 2.81. The monoisotopic (exact) mass is 214 g/mol. The number of hydrogen-bond donors (Lipinski definition) is 1. The van der Waals surface area contributed by atoms with Crippen LogP contribution in [0.5, 0.6) is 0 Å². The molecule has 1 N–H and O–H groups in total. The summed E-state index contributed by atoms with van der Waals surface area (Å²) < 4.78 is 2.30. The van der Waals surface area contributed by atoms with Gasteiger partial charge in [-0.1, -0.05) is 18.2 Å². The van der Waals surface area contributed by atoms with Crippen LogP contribution in [0.3, 0.4) is 0 Å². The van der Waals surface area contributed by atoms with Crippen molar-refractivity contribution in [2.75, 3.05) is 7.05 Å². The minimum Gasteiger partial charge on any atom is -0.318 e. The molecule has 2 heteroatoms. The van der Waals surface area contributed by atoms with Gasteiger partial charge in [0.2, 0.25) is 0 Å². The summed E-state index contributed by atoms with van der Waals surface area (Å²) >= 11 is 0. The van der Waals surface area contributed by atoms with Crippen molar-refractivity contribution < 1.29 is 0 Å². The molecule has 0 bridgehead atoms. The fourth-order valence-corrected chi connectivity index (χ4v) is 2.12. The number of nitrogens with zero attached hydrogens (tertiary/aromatic N) is 1. The van der Waals surface area contributed by atoms with E-state index in [2.05, 4.69) is 60.1 Å². The third-order valence-electron chi connectivity index (χ3n) is 2.87. The topological polar surface area (TPSA) is 17.0 Å². The van der Waals surface area contributed by atoms with Crippen LogP contribution in [0.15, 0.2) is 36.4 Å². The summed E-state index contributed by atoms with van der Waals surface area (Å²) in [6, 6.07) is 12.8. The molecular formula is C14H18N2. The largest absolute Gasteiger partial charge is 0.318 e. The van der Waals surface area contributed by atoms with Gasteiger partial charge in [-0.05, 0) is 44.7 Å². The molecule has 0 aliphatic rings. The molecule has 84 valence electrons. The molecule has 0 saturated heterocycles. The first-order valence-corrected chi connectivity index (χ1v) is 5.62. The molecule has 0 spiro atoms. The van der Waals surface area contributed by atoms with Gasteiger partial charge >= 0.3 is 0 Å². The van der Waals surface area contributed by atoms with Crippen molar-refractivity contribution in [2.24, 2.45) is 0 Å². The van der Waals surface area contributed by atoms with Crippen LogP contribution in [0.25, 0.3) is 5.69 Å². The summed E-state index contributed by atoms with van der Waals surface area (Å²) in [4.78, 5) is 0. The Balaban J connectivity index is 2.55. The van der Waals surface area contributed by atoms with E-state index in [0.29, 0.717) is 0 Å². The molecule has 1 aromatic carbocycles. The van der Waals surface area contributed by atoms with E-state index in [1.165, 1.54) is 22.6 Å². The van der Waals surface area contributed by atoms with Crippen molar-refractivity contribution in [2.45, 2.75) is 20.4 Å². The highest BCUT2D eigenvalue weighted by molar-refractivity contribution is 5.44. The molecule has 0 aliphatic carbocycles. The zero-order chi connectivity index (χ0) is 11.5. The van der Waals surface area contributed by atoms with Gasteiger partial charge < -0.3 is 9.88 Å². The van der Waals surface area contributed by atoms with E-state index in [1.807, 2.05) is 7.05 Å². The minimum atomic E-state index is 0.896. The standard InChI is InChI=1S/C14H18N2/c1-11-8-9-12(2)16(11)14-7-5-4-6-13(14)10-15-3/h4-9,15H,10H2,1-3H3. The lowest BCUT2D eigenvalue weighted by Crippen LogP contribution is -2.10. The number of nitrogens with one attached hydrogen (secondary N) is 1. The highest BCUT2D eigenvalue weighted by atomic mass is 15.0. The quantitative estimate of drug-likeness (QED) is 0.831. The number of para-hydroxylation sites is 1. The lowest BCUT2D eigenvalue weighted by Gasteiger charge is -2.14. The highest BCUT2D eigenvalue weighted by Crippen LogP contribution is 2.19. The van der Waals surface area contributed by atoms with E-state index in [4.69, 9.17) is 0 Å². The summed E-state index contributed by atoms with van der Waals surface area (Å²) in [6.07, 6.45) is 0. The van der Waals surface area contributed by atoms with Gasteiger partial charge in [-0.25, -0.2) is 0 Å². The molecule has 0 saturated carbocycles. The first kappa shape index (κ1) is 11.0. The molecule has 16 heavy (non-hydrogen) atoms. The van der Waals surface area contributed by atoms with Crippen LogP contribution in [-0.4, -0.2) is 11.6 Å². The normalized spacial score (nSPS) is 10.7. The van der Waals surface area contributed by atoms with Gasteiger partial charge in [0.15, 0.2) is 0 Å². The van der Waals surface area contributed by atoms with Crippen LogP contribution in [-0.2, 0) is 6.54 Å². The van der Waals surface area contributed by atoms with Crippen molar-refractivity contribution >= 4 is 0 Å². The molecule has 2 nitrogen and oxygen atoms in total. The first-order valence-electron chi connectivity index (χ1n) is 5.62. The fourth-order valence-electron chi connectivity index (χ4n) is 2.12. The van der Waals surface area contributed by atoms with Gasteiger partial charge in [0.05, 0.1) is 0 Å². The lowest BCUT2D eigenvalue weighted by atomic mass is 10.1. The second kappa shape index (κ2) is 4.54. The molecule has 0 fully saturated rings. The summed E-state index contributed by atoms with van der Waals surface area (Å²) in [6.45, 7) is 5.18. The summed E-state index contributed by atoms with van der Waals surface area (Å²) in [5, 5.41) is 3.21. The molecule has 0 atom stereocenters. The number of hydrogen-bond acceptors (Lipinski definition) is 1. The van der Waals surface area contributed by atoms with Gasteiger partial charge in [-0.2, -0.15) is 0 Å². The molecule has 1 heterocycles. The van der Waals surface area contributed by atoms with Gasteiger partial charge in [0.25, 0.3) is 0 Å². The zero-order valence-corrected chi connectivity index (χ0v) is 10.1. The van der Waals surface area contributed by atoms with Crippen LogP contribution >= 0.6 is 0 Å².